The van der Waals surface area contributed by atoms with Crippen LogP contribution in [-0.2, 0) is 22.3 Å². The number of hydrogen-bond acceptors (Lipinski definition) is 8. The number of carbonyl (C=O) groups excluding carboxylic acids is 4. The monoisotopic (exact) mass is 732 g/mol. The third-order valence-electron chi connectivity index (χ3n) is 9.93. The minimum atomic E-state index is -0.623. The third kappa shape index (κ3) is 12.2. The molecule has 0 radical (unpaired) electrons. The van der Waals surface area contributed by atoms with E-state index in [4.69, 9.17) is 18.9 Å². The van der Waals surface area contributed by atoms with E-state index in [0.29, 0.717) is 28.2 Å². The molecule has 1 saturated carbocycles. The van der Waals surface area contributed by atoms with Crippen LogP contribution in [0.2, 0.25) is 0 Å². The van der Waals surface area contributed by atoms with Gasteiger partial charge < -0.3 is 18.9 Å². The number of aryl methyl sites for hydroxylation is 2. The summed E-state index contributed by atoms with van der Waals surface area (Å²) in [4.78, 5) is 51.8. The van der Waals surface area contributed by atoms with E-state index in [1.807, 2.05) is 24.3 Å². The summed E-state index contributed by atoms with van der Waals surface area (Å²) in [7, 11) is 0. The largest absolute Gasteiger partial charge is 0.458 e. The molecule has 0 bridgehead atoms. The third-order valence-corrected chi connectivity index (χ3v) is 9.93. The molecule has 54 heavy (non-hydrogen) atoms. The molecular weight excluding hydrogens is 680 g/mol. The molecule has 4 aromatic carbocycles. The summed E-state index contributed by atoms with van der Waals surface area (Å²) in [6, 6.07) is 27.3. The first-order valence-electron chi connectivity index (χ1n) is 19.5. The first kappa shape index (κ1) is 40.0. The Morgan fingerprint density at radius 1 is 0.519 bits per heavy atom. The summed E-state index contributed by atoms with van der Waals surface area (Å²) >= 11 is 0. The maximum atomic E-state index is 13.3. The maximum Gasteiger partial charge on any atom is 0.343 e. The molecule has 0 aliphatic heterocycles. The van der Waals surface area contributed by atoms with Gasteiger partial charge in [0.15, 0.2) is 0 Å². The molecule has 1 atom stereocenters. The molecule has 1 aliphatic rings. The lowest BCUT2D eigenvalue weighted by atomic mass is 9.85. The molecule has 0 amide bonds. The van der Waals surface area contributed by atoms with Crippen molar-refractivity contribution in [2.75, 3.05) is 6.61 Å². The number of unbranched alkanes of at least 4 members (excludes halogenated alkanes) is 4. The fourth-order valence-electron chi connectivity index (χ4n) is 6.64. The van der Waals surface area contributed by atoms with Crippen LogP contribution in [0, 0.1) is 5.92 Å². The van der Waals surface area contributed by atoms with Gasteiger partial charge >= 0.3 is 23.9 Å². The Bertz CT molecular complexity index is 1790. The molecule has 8 heteroatoms. The number of benzene rings is 4. The van der Waals surface area contributed by atoms with Crippen LogP contribution in [0.4, 0.5) is 0 Å². The van der Waals surface area contributed by atoms with Crippen LogP contribution in [0.25, 0.3) is 0 Å². The molecule has 0 N–H and O–H groups in total. The predicted octanol–water partition coefficient (Wildman–Crippen LogP) is 10.6. The van der Waals surface area contributed by atoms with Crippen LogP contribution in [0.5, 0.6) is 11.5 Å². The zero-order chi connectivity index (χ0) is 38.1. The second kappa shape index (κ2) is 20.9. The lowest BCUT2D eigenvalue weighted by molar-refractivity contribution is -0.0247. The number of esters is 4. The van der Waals surface area contributed by atoms with Crippen molar-refractivity contribution in [3.8, 4) is 11.5 Å². The van der Waals surface area contributed by atoms with Crippen LogP contribution >= 0.6 is 0 Å². The quantitative estimate of drug-likeness (QED) is 0.0565. The van der Waals surface area contributed by atoms with Gasteiger partial charge in [0.25, 0.3) is 0 Å². The van der Waals surface area contributed by atoms with Gasteiger partial charge in [0.05, 0.1) is 22.3 Å². The molecule has 0 saturated heterocycles. The van der Waals surface area contributed by atoms with Crippen LogP contribution in [-0.4, -0.2) is 36.6 Å². The fraction of sp³-hybridized carbons (Fsp3) is 0.391. The minimum absolute atomic E-state index is 0.0564. The Balaban J connectivity index is 1.12. The lowest BCUT2D eigenvalue weighted by Crippen LogP contribution is -2.33. The van der Waals surface area contributed by atoms with Crippen molar-refractivity contribution in [3.63, 3.8) is 0 Å². The Kier molecular flexibility index (Phi) is 15.4. The average Bonchev–Trinajstić information content (AvgIpc) is 3.21. The molecule has 0 heterocycles. The van der Waals surface area contributed by atoms with Gasteiger partial charge in [-0.25, -0.2) is 19.2 Å². The first-order chi connectivity index (χ1) is 26.3. The van der Waals surface area contributed by atoms with Crippen LogP contribution in [0.1, 0.15) is 137 Å². The second-order valence-electron chi connectivity index (χ2n) is 14.1. The highest BCUT2D eigenvalue weighted by atomic mass is 16.6. The zero-order valence-electron chi connectivity index (χ0n) is 31.6. The van der Waals surface area contributed by atoms with E-state index in [1.165, 1.54) is 24.0 Å². The fourth-order valence-corrected chi connectivity index (χ4v) is 6.64. The standard InChI is InChI=1S/C46H52O8/c1-3-5-8-12-33-16-20-37(21-17-33)44(48)52-40-28-24-36(25-29-40)43(47)51-32-42(35-14-10-7-11-15-35)54-46(50)39-26-30-41(31-27-39)53-45(49)38-22-18-34(19-23-38)13-9-6-4-2/h16-31,35,42H,3-15,32H2,1-2H3. The summed E-state index contributed by atoms with van der Waals surface area (Å²) in [6.45, 7) is 4.25. The Morgan fingerprint density at radius 3 is 1.37 bits per heavy atom. The molecule has 0 spiro atoms. The first-order valence-corrected chi connectivity index (χ1v) is 19.5. The summed E-state index contributed by atoms with van der Waals surface area (Å²) in [5.74, 6) is -1.38. The van der Waals surface area contributed by atoms with Gasteiger partial charge in [0, 0.05) is 0 Å². The SMILES string of the molecule is CCCCCc1ccc(C(=O)Oc2ccc(C(=O)OCC(OC(=O)c3ccc(OC(=O)c4ccc(CCCCC)cc4)cc3)C3CCCCC3)cc2)cc1. The summed E-state index contributed by atoms with van der Waals surface area (Å²) in [6.07, 6.45) is 13.1. The molecule has 1 unspecified atom stereocenters. The topological polar surface area (TPSA) is 105 Å². The molecule has 5 rings (SSSR count). The van der Waals surface area contributed by atoms with E-state index in [9.17, 15) is 19.2 Å². The predicted molar refractivity (Wildman–Crippen MR) is 208 cm³/mol. The number of carbonyl (C=O) groups is 4. The molecule has 8 nitrogen and oxygen atoms in total. The van der Waals surface area contributed by atoms with Gasteiger partial charge in [-0.3, -0.25) is 0 Å². The Labute approximate surface area is 319 Å². The highest BCUT2D eigenvalue weighted by Crippen LogP contribution is 2.29. The highest BCUT2D eigenvalue weighted by Gasteiger charge is 2.29. The average molecular weight is 733 g/mol. The Morgan fingerprint density at radius 2 is 0.926 bits per heavy atom. The molecule has 1 aliphatic carbocycles. The van der Waals surface area contributed by atoms with Gasteiger partial charge in [-0.1, -0.05) is 83.1 Å². The molecule has 284 valence electrons. The van der Waals surface area contributed by atoms with E-state index in [2.05, 4.69) is 13.8 Å². The smallest absolute Gasteiger partial charge is 0.343 e. The summed E-state index contributed by atoms with van der Waals surface area (Å²) < 4.78 is 22.7. The van der Waals surface area contributed by atoms with Crippen molar-refractivity contribution >= 4 is 23.9 Å². The molecule has 4 aromatic rings. The second-order valence-corrected chi connectivity index (χ2v) is 14.1. The van der Waals surface area contributed by atoms with E-state index >= 15 is 0 Å². The zero-order valence-corrected chi connectivity index (χ0v) is 31.6. The maximum absolute atomic E-state index is 13.3. The van der Waals surface area contributed by atoms with Gasteiger partial charge in [-0.15, -0.1) is 0 Å². The van der Waals surface area contributed by atoms with Crippen molar-refractivity contribution in [1.82, 2.24) is 0 Å². The van der Waals surface area contributed by atoms with Gasteiger partial charge in [-0.05, 0) is 128 Å². The minimum Gasteiger partial charge on any atom is -0.458 e. The highest BCUT2D eigenvalue weighted by molar-refractivity contribution is 5.93. The van der Waals surface area contributed by atoms with Crippen molar-refractivity contribution in [2.24, 2.45) is 5.92 Å². The van der Waals surface area contributed by atoms with Crippen molar-refractivity contribution < 1.29 is 38.1 Å². The lowest BCUT2D eigenvalue weighted by Gasteiger charge is -2.29. The van der Waals surface area contributed by atoms with Crippen molar-refractivity contribution in [2.45, 2.75) is 103 Å². The van der Waals surface area contributed by atoms with Crippen LogP contribution in [0.3, 0.4) is 0 Å². The van der Waals surface area contributed by atoms with E-state index in [-0.39, 0.29) is 18.1 Å². The van der Waals surface area contributed by atoms with Gasteiger partial charge in [0.2, 0.25) is 0 Å². The molecule has 0 aromatic heterocycles. The molecule has 1 fully saturated rings. The van der Waals surface area contributed by atoms with Crippen LogP contribution < -0.4 is 9.47 Å². The number of hydrogen-bond donors (Lipinski definition) is 0. The van der Waals surface area contributed by atoms with E-state index in [0.717, 1.165) is 70.6 Å². The number of rotatable bonds is 18. The number of ether oxygens (including phenoxy) is 4. The molecular formula is C46H52O8. The van der Waals surface area contributed by atoms with Crippen LogP contribution in [0.15, 0.2) is 97.1 Å². The van der Waals surface area contributed by atoms with Gasteiger partial charge in [0.1, 0.15) is 24.2 Å². The van der Waals surface area contributed by atoms with E-state index in [1.54, 1.807) is 72.8 Å². The normalized spacial score (nSPS) is 13.4. The van der Waals surface area contributed by atoms with Crippen molar-refractivity contribution in [3.05, 3.63) is 130 Å². The van der Waals surface area contributed by atoms with E-state index < -0.39 is 30.0 Å². The van der Waals surface area contributed by atoms with Gasteiger partial charge in [-0.2, -0.15) is 0 Å². The summed E-state index contributed by atoms with van der Waals surface area (Å²) in [5.41, 5.74) is 3.87. The van der Waals surface area contributed by atoms with Crippen molar-refractivity contribution in [1.29, 1.82) is 0 Å². The summed E-state index contributed by atoms with van der Waals surface area (Å²) in [5, 5.41) is 0. The Hall–Kier alpha value is -5.24.